The van der Waals surface area contributed by atoms with Crippen LogP contribution in [0.25, 0.3) is 0 Å². The van der Waals surface area contributed by atoms with Gasteiger partial charge in [0.1, 0.15) is 0 Å². The van der Waals surface area contributed by atoms with Gasteiger partial charge in [-0.3, -0.25) is 0 Å². The molecule has 3 N–H and O–H groups in total. The molecule has 1 aromatic carbocycles. The van der Waals surface area contributed by atoms with E-state index in [4.69, 9.17) is 5.73 Å². The Morgan fingerprint density at radius 3 is 2.57 bits per heavy atom. The van der Waals surface area contributed by atoms with Crippen LogP contribution in [0.4, 0.5) is 0 Å². The first kappa shape index (κ1) is 16.2. The van der Waals surface area contributed by atoms with Crippen LogP contribution >= 0.6 is 11.3 Å². The third-order valence-corrected chi connectivity index (χ3v) is 5.75. The molecule has 0 atom stereocenters. The molecule has 2 aromatic rings. The SMILES string of the molecule is CCc1ccc(CN)cc1S(=O)(=O)NCc1ccc(C)s1. The summed E-state index contributed by atoms with van der Waals surface area (Å²) in [7, 11) is -3.52. The van der Waals surface area contributed by atoms with Crippen LogP contribution in [-0.2, 0) is 29.5 Å². The van der Waals surface area contributed by atoms with E-state index >= 15 is 0 Å². The molecule has 0 unspecified atom stereocenters. The molecule has 114 valence electrons. The van der Waals surface area contributed by atoms with Gasteiger partial charge in [0.25, 0.3) is 0 Å². The van der Waals surface area contributed by atoms with Crippen LogP contribution in [0.15, 0.2) is 35.2 Å². The molecule has 2 rings (SSSR count). The quantitative estimate of drug-likeness (QED) is 0.858. The van der Waals surface area contributed by atoms with Gasteiger partial charge in [0.05, 0.1) is 4.90 Å². The van der Waals surface area contributed by atoms with E-state index in [2.05, 4.69) is 4.72 Å². The highest BCUT2D eigenvalue weighted by Crippen LogP contribution is 2.20. The predicted molar refractivity (Wildman–Crippen MR) is 86.8 cm³/mol. The zero-order valence-corrected chi connectivity index (χ0v) is 13.9. The van der Waals surface area contributed by atoms with E-state index < -0.39 is 10.0 Å². The van der Waals surface area contributed by atoms with Gasteiger partial charge in [-0.05, 0) is 42.7 Å². The van der Waals surface area contributed by atoms with E-state index in [-0.39, 0.29) is 0 Å². The first-order chi connectivity index (χ1) is 9.96. The summed E-state index contributed by atoms with van der Waals surface area (Å²) in [5.74, 6) is 0. The zero-order valence-electron chi connectivity index (χ0n) is 12.2. The van der Waals surface area contributed by atoms with Crippen molar-refractivity contribution < 1.29 is 8.42 Å². The van der Waals surface area contributed by atoms with E-state index in [1.807, 2.05) is 38.1 Å². The molecule has 0 aliphatic rings. The normalized spacial score (nSPS) is 11.8. The minimum Gasteiger partial charge on any atom is -0.326 e. The minimum absolute atomic E-state index is 0.316. The molecule has 4 nitrogen and oxygen atoms in total. The molecule has 0 saturated heterocycles. The van der Waals surface area contributed by atoms with Crippen LogP contribution < -0.4 is 10.5 Å². The topological polar surface area (TPSA) is 72.2 Å². The van der Waals surface area contributed by atoms with Crippen LogP contribution in [0.2, 0.25) is 0 Å². The molecule has 0 aliphatic carbocycles. The Labute approximate surface area is 130 Å². The van der Waals surface area contributed by atoms with Crippen molar-refractivity contribution in [1.29, 1.82) is 0 Å². The third kappa shape index (κ3) is 3.91. The van der Waals surface area contributed by atoms with E-state index in [0.717, 1.165) is 16.0 Å². The highest BCUT2D eigenvalue weighted by atomic mass is 32.2. The largest absolute Gasteiger partial charge is 0.326 e. The molecule has 0 amide bonds. The first-order valence-corrected chi connectivity index (χ1v) is 9.13. The average Bonchev–Trinajstić information content (AvgIpc) is 2.90. The van der Waals surface area contributed by atoms with E-state index in [0.29, 0.717) is 24.4 Å². The summed E-state index contributed by atoms with van der Waals surface area (Å²) in [6.45, 7) is 4.59. The van der Waals surface area contributed by atoms with Crippen molar-refractivity contribution in [3.05, 3.63) is 51.2 Å². The summed E-state index contributed by atoms with van der Waals surface area (Å²) < 4.78 is 27.7. The fraction of sp³-hybridized carbons (Fsp3) is 0.333. The average molecular weight is 324 g/mol. The van der Waals surface area contributed by atoms with Crippen molar-refractivity contribution in [3.8, 4) is 0 Å². The van der Waals surface area contributed by atoms with Gasteiger partial charge in [0.2, 0.25) is 10.0 Å². The Bertz CT molecular complexity index is 721. The molecule has 0 radical (unpaired) electrons. The van der Waals surface area contributed by atoms with Crippen molar-refractivity contribution in [2.24, 2.45) is 5.73 Å². The molecule has 0 aliphatic heterocycles. The van der Waals surface area contributed by atoms with Gasteiger partial charge in [-0.15, -0.1) is 11.3 Å². The van der Waals surface area contributed by atoms with Gasteiger partial charge in [0.15, 0.2) is 0 Å². The molecule has 0 fully saturated rings. The maximum atomic E-state index is 12.5. The fourth-order valence-corrected chi connectivity index (χ4v) is 4.38. The van der Waals surface area contributed by atoms with E-state index in [1.54, 1.807) is 17.4 Å². The van der Waals surface area contributed by atoms with Gasteiger partial charge in [-0.1, -0.05) is 19.1 Å². The lowest BCUT2D eigenvalue weighted by atomic mass is 10.1. The number of nitrogens with one attached hydrogen (secondary N) is 1. The second-order valence-corrected chi connectivity index (χ2v) is 7.94. The highest BCUT2D eigenvalue weighted by Gasteiger charge is 2.18. The van der Waals surface area contributed by atoms with Gasteiger partial charge >= 0.3 is 0 Å². The molecular formula is C15H20N2O2S2. The fourth-order valence-electron chi connectivity index (χ4n) is 2.09. The maximum absolute atomic E-state index is 12.5. The summed E-state index contributed by atoms with van der Waals surface area (Å²) in [5, 5.41) is 0. The molecule has 21 heavy (non-hydrogen) atoms. The molecule has 1 aromatic heterocycles. The molecular weight excluding hydrogens is 304 g/mol. The number of hydrogen-bond acceptors (Lipinski definition) is 4. The van der Waals surface area contributed by atoms with Crippen LogP contribution in [0.3, 0.4) is 0 Å². The van der Waals surface area contributed by atoms with Gasteiger partial charge in [-0.25, -0.2) is 13.1 Å². The predicted octanol–water partition coefficient (Wildman–Crippen LogP) is 2.56. The number of aryl methyl sites for hydroxylation is 2. The number of hydrogen-bond donors (Lipinski definition) is 2. The first-order valence-electron chi connectivity index (χ1n) is 6.83. The zero-order chi connectivity index (χ0) is 15.5. The molecule has 0 bridgehead atoms. The lowest BCUT2D eigenvalue weighted by Crippen LogP contribution is -2.24. The van der Waals surface area contributed by atoms with Gasteiger partial charge < -0.3 is 5.73 Å². The number of sulfonamides is 1. The number of nitrogens with two attached hydrogens (primary N) is 1. The van der Waals surface area contributed by atoms with Crippen molar-refractivity contribution in [2.45, 2.75) is 38.3 Å². The summed E-state index contributed by atoms with van der Waals surface area (Å²) in [5.41, 5.74) is 7.23. The van der Waals surface area contributed by atoms with Crippen molar-refractivity contribution in [3.63, 3.8) is 0 Å². The maximum Gasteiger partial charge on any atom is 0.241 e. The van der Waals surface area contributed by atoms with Gasteiger partial charge in [-0.2, -0.15) is 0 Å². The number of rotatable bonds is 6. The summed E-state index contributed by atoms with van der Waals surface area (Å²) in [6.07, 6.45) is 0.666. The van der Waals surface area contributed by atoms with Crippen molar-refractivity contribution in [1.82, 2.24) is 4.72 Å². The van der Waals surface area contributed by atoms with Gasteiger partial charge in [0, 0.05) is 22.8 Å². The summed E-state index contributed by atoms with van der Waals surface area (Å²) in [6, 6.07) is 9.31. The number of thiophene rings is 1. The van der Waals surface area contributed by atoms with E-state index in [1.165, 1.54) is 4.88 Å². The smallest absolute Gasteiger partial charge is 0.241 e. The second-order valence-electron chi connectivity index (χ2n) is 4.84. The Kier molecular flexibility index (Phi) is 5.16. The monoisotopic (exact) mass is 324 g/mol. The Hall–Kier alpha value is -1.21. The lowest BCUT2D eigenvalue weighted by molar-refractivity contribution is 0.580. The Balaban J connectivity index is 2.26. The molecule has 0 spiro atoms. The summed E-state index contributed by atoms with van der Waals surface area (Å²) >= 11 is 1.59. The third-order valence-electron chi connectivity index (χ3n) is 3.27. The molecule has 0 saturated carbocycles. The van der Waals surface area contributed by atoms with Crippen LogP contribution in [0.5, 0.6) is 0 Å². The van der Waals surface area contributed by atoms with Crippen molar-refractivity contribution in [2.75, 3.05) is 0 Å². The number of benzene rings is 1. The van der Waals surface area contributed by atoms with E-state index in [9.17, 15) is 8.42 Å². The van der Waals surface area contributed by atoms with Crippen LogP contribution in [0.1, 0.15) is 27.8 Å². The summed E-state index contributed by atoms with van der Waals surface area (Å²) in [4.78, 5) is 2.51. The Morgan fingerprint density at radius 1 is 1.24 bits per heavy atom. The molecule has 6 heteroatoms. The Morgan fingerprint density at radius 2 is 2.00 bits per heavy atom. The van der Waals surface area contributed by atoms with Crippen molar-refractivity contribution >= 4 is 21.4 Å². The molecule has 1 heterocycles. The second kappa shape index (κ2) is 6.70. The minimum atomic E-state index is -3.52. The van der Waals surface area contributed by atoms with Crippen LogP contribution in [0, 0.1) is 6.92 Å². The highest BCUT2D eigenvalue weighted by molar-refractivity contribution is 7.89. The lowest BCUT2D eigenvalue weighted by Gasteiger charge is -2.11. The standard InChI is InChI=1S/C15H20N2O2S2/c1-3-13-6-5-12(9-16)8-15(13)21(18,19)17-10-14-7-4-11(2)20-14/h4-8,17H,3,9-10,16H2,1-2H3. The van der Waals surface area contributed by atoms with Crippen LogP contribution in [-0.4, -0.2) is 8.42 Å².